The average molecular weight is 241 g/mol. The summed E-state index contributed by atoms with van der Waals surface area (Å²) >= 11 is 9.79. The molecule has 1 heterocycles. The van der Waals surface area contributed by atoms with Crippen molar-refractivity contribution in [3.63, 3.8) is 0 Å². The maximum absolute atomic E-state index is 10.9. The fourth-order valence-corrected chi connectivity index (χ4v) is 1.50. The van der Waals surface area contributed by atoms with Crippen molar-refractivity contribution in [2.75, 3.05) is 5.33 Å². The lowest BCUT2D eigenvalue weighted by Crippen LogP contribution is -1.99. The van der Waals surface area contributed by atoms with Crippen molar-refractivity contribution < 1.29 is 4.79 Å². The molecule has 0 N–H and O–H groups in total. The highest BCUT2D eigenvalue weighted by Gasteiger charge is 2.06. The molecule has 0 spiro atoms. The molecule has 0 aliphatic heterocycles. The van der Waals surface area contributed by atoms with E-state index in [2.05, 4.69) is 20.9 Å². The molecule has 0 unspecified atom stereocenters. The molecular weight excluding hydrogens is 237 g/mol. The lowest BCUT2D eigenvalue weighted by Gasteiger charge is -1.84. The highest BCUT2D eigenvalue weighted by atomic mass is 79.9. The van der Waals surface area contributed by atoms with E-state index in [1.165, 1.54) is 11.3 Å². The zero-order valence-corrected chi connectivity index (χ0v) is 7.96. The van der Waals surface area contributed by atoms with Crippen molar-refractivity contribution in [3.05, 3.63) is 15.5 Å². The number of thiazole rings is 1. The topological polar surface area (TPSA) is 30.0 Å². The molecular formula is C5H3BrClNOS. The Labute approximate surface area is 75.4 Å². The summed E-state index contributed by atoms with van der Waals surface area (Å²) in [5.41, 5.74) is 0.437. The molecule has 0 amide bonds. The molecule has 0 fully saturated rings. The number of aromatic nitrogens is 1. The van der Waals surface area contributed by atoms with Crippen LogP contribution in [0, 0.1) is 0 Å². The van der Waals surface area contributed by atoms with Gasteiger partial charge in [-0.1, -0.05) is 27.5 Å². The largest absolute Gasteiger partial charge is 0.291 e. The first kappa shape index (κ1) is 8.17. The minimum atomic E-state index is -0.0387. The van der Waals surface area contributed by atoms with Gasteiger partial charge in [0, 0.05) is 5.38 Å². The van der Waals surface area contributed by atoms with Gasteiger partial charge in [0.15, 0.2) is 10.3 Å². The number of halogens is 2. The van der Waals surface area contributed by atoms with E-state index >= 15 is 0 Å². The third-order valence-electron chi connectivity index (χ3n) is 0.883. The molecule has 5 heteroatoms. The van der Waals surface area contributed by atoms with Crippen LogP contribution in [-0.2, 0) is 0 Å². The highest BCUT2D eigenvalue weighted by Crippen LogP contribution is 2.15. The van der Waals surface area contributed by atoms with Gasteiger partial charge in [0.1, 0.15) is 5.69 Å². The molecule has 1 rings (SSSR count). The Morgan fingerprint density at radius 1 is 1.90 bits per heavy atom. The van der Waals surface area contributed by atoms with E-state index in [1.54, 1.807) is 5.38 Å². The lowest BCUT2D eigenvalue weighted by molar-refractivity contribution is 0.102. The first-order valence-corrected chi connectivity index (χ1v) is 4.82. The first-order chi connectivity index (χ1) is 4.74. The van der Waals surface area contributed by atoms with Crippen molar-refractivity contribution >= 4 is 44.7 Å². The van der Waals surface area contributed by atoms with Crippen LogP contribution in [0.15, 0.2) is 5.38 Å². The molecule has 1 aromatic rings. The molecule has 1 aromatic heterocycles. The monoisotopic (exact) mass is 239 g/mol. The minimum Gasteiger partial charge on any atom is -0.291 e. The van der Waals surface area contributed by atoms with Crippen LogP contribution < -0.4 is 0 Å². The summed E-state index contributed by atoms with van der Waals surface area (Å²) in [5.74, 6) is -0.0387. The van der Waals surface area contributed by atoms with Gasteiger partial charge in [-0.3, -0.25) is 4.79 Å². The molecule has 0 radical (unpaired) electrons. The number of alkyl halides is 1. The molecule has 0 aliphatic carbocycles. The molecule has 2 nitrogen and oxygen atoms in total. The van der Waals surface area contributed by atoms with Crippen molar-refractivity contribution in [2.24, 2.45) is 0 Å². The van der Waals surface area contributed by atoms with E-state index in [0.717, 1.165) is 0 Å². The van der Waals surface area contributed by atoms with Crippen LogP contribution in [0.4, 0.5) is 0 Å². The molecule has 0 aromatic carbocycles. The second-order valence-electron chi connectivity index (χ2n) is 1.54. The summed E-state index contributed by atoms with van der Waals surface area (Å²) in [5, 5.41) is 1.94. The predicted octanol–water partition coefficient (Wildman–Crippen LogP) is 2.37. The van der Waals surface area contributed by atoms with E-state index in [0.29, 0.717) is 15.5 Å². The standard InChI is InChI=1S/C5H3BrClNOS/c6-1-4(9)3-2-10-5(7)8-3/h2H,1H2. The fourth-order valence-electron chi connectivity index (χ4n) is 0.448. The number of Topliss-reactive ketones (excluding diaryl/α,β-unsaturated/α-hetero) is 1. The number of rotatable bonds is 2. The summed E-state index contributed by atoms with van der Waals surface area (Å²) in [7, 11) is 0. The summed E-state index contributed by atoms with van der Waals surface area (Å²) in [4.78, 5) is 14.7. The second kappa shape index (κ2) is 3.46. The van der Waals surface area contributed by atoms with Gasteiger partial charge in [-0.05, 0) is 0 Å². The van der Waals surface area contributed by atoms with Crippen molar-refractivity contribution in [1.29, 1.82) is 0 Å². The van der Waals surface area contributed by atoms with E-state index < -0.39 is 0 Å². The quantitative estimate of drug-likeness (QED) is 0.587. The zero-order valence-electron chi connectivity index (χ0n) is 4.80. The predicted molar refractivity (Wildman–Crippen MR) is 45.2 cm³/mol. The van der Waals surface area contributed by atoms with E-state index in [9.17, 15) is 4.79 Å². The summed E-state index contributed by atoms with van der Waals surface area (Å²) in [6.07, 6.45) is 0. The Bertz CT molecular complexity index is 250. The van der Waals surface area contributed by atoms with Crippen molar-refractivity contribution in [3.8, 4) is 0 Å². The Hall–Kier alpha value is 0.0700. The second-order valence-corrected chi connectivity index (χ2v) is 3.54. The summed E-state index contributed by atoms with van der Waals surface area (Å²) in [6.45, 7) is 0. The maximum Gasteiger partial charge on any atom is 0.192 e. The van der Waals surface area contributed by atoms with Gasteiger partial charge in [-0.2, -0.15) is 0 Å². The smallest absolute Gasteiger partial charge is 0.192 e. The van der Waals surface area contributed by atoms with Crippen LogP contribution in [0.5, 0.6) is 0 Å². The third-order valence-corrected chi connectivity index (χ3v) is 2.37. The van der Waals surface area contributed by atoms with Crippen LogP contribution in [0.3, 0.4) is 0 Å². The highest BCUT2D eigenvalue weighted by molar-refractivity contribution is 9.09. The summed E-state index contributed by atoms with van der Waals surface area (Å²) < 4.78 is 0.407. The van der Waals surface area contributed by atoms with Gasteiger partial charge in [-0.15, -0.1) is 11.3 Å². The molecule has 0 saturated carbocycles. The molecule has 0 saturated heterocycles. The van der Waals surface area contributed by atoms with Crippen molar-refractivity contribution in [2.45, 2.75) is 0 Å². The van der Waals surface area contributed by atoms with E-state index in [1.807, 2.05) is 0 Å². The maximum atomic E-state index is 10.9. The Morgan fingerprint density at radius 2 is 2.60 bits per heavy atom. The van der Waals surface area contributed by atoms with Gasteiger partial charge in [0.25, 0.3) is 0 Å². The number of hydrogen-bond donors (Lipinski definition) is 0. The van der Waals surface area contributed by atoms with Crippen molar-refractivity contribution in [1.82, 2.24) is 4.98 Å². The Balaban J connectivity index is 2.85. The van der Waals surface area contributed by atoms with E-state index in [-0.39, 0.29) is 5.78 Å². The lowest BCUT2D eigenvalue weighted by atomic mass is 10.4. The number of hydrogen-bond acceptors (Lipinski definition) is 3. The molecule has 0 aliphatic rings. The number of ketones is 1. The molecule has 0 bridgehead atoms. The third kappa shape index (κ3) is 1.78. The number of carbonyl (C=O) groups excluding carboxylic acids is 1. The van der Waals surface area contributed by atoms with Crippen LogP contribution in [-0.4, -0.2) is 16.1 Å². The normalized spacial score (nSPS) is 9.80. The van der Waals surface area contributed by atoms with Gasteiger partial charge in [-0.25, -0.2) is 4.98 Å². The van der Waals surface area contributed by atoms with Crippen LogP contribution in [0.2, 0.25) is 4.47 Å². The number of carbonyl (C=O) groups is 1. The van der Waals surface area contributed by atoms with Gasteiger partial charge in [0.2, 0.25) is 0 Å². The zero-order chi connectivity index (χ0) is 7.56. The van der Waals surface area contributed by atoms with Gasteiger partial charge >= 0.3 is 0 Å². The average Bonchev–Trinajstić information content (AvgIpc) is 2.34. The minimum absolute atomic E-state index is 0.0387. The molecule has 54 valence electrons. The summed E-state index contributed by atoms with van der Waals surface area (Å²) in [6, 6.07) is 0. The first-order valence-electron chi connectivity index (χ1n) is 2.44. The molecule has 0 atom stereocenters. The van der Waals surface area contributed by atoms with Crippen LogP contribution >= 0.6 is 38.9 Å². The van der Waals surface area contributed by atoms with E-state index in [4.69, 9.17) is 11.6 Å². The molecule has 10 heavy (non-hydrogen) atoms. The van der Waals surface area contributed by atoms with Gasteiger partial charge < -0.3 is 0 Å². The number of nitrogens with zero attached hydrogens (tertiary/aromatic N) is 1. The van der Waals surface area contributed by atoms with Crippen LogP contribution in [0.1, 0.15) is 10.5 Å². The SMILES string of the molecule is O=C(CBr)c1csc(Cl)n1. The Kier molecular flexibility index (Phi) is 2.82. The Morgan fingerprint density at radius 3 is 3.00 bits per heavy atom. The van der Waals surface area contributed by atoms with Crippen LogP contribution in [0.25, 0.3) is 0 Å². The fraction of sp³-hybridized carbons (Fsp3) is 0.200. The van der Waals surface area contributed by atoms with Gasteiger partial charge in [0.05, 0.1) is 5.33 Å².